The molecule has 4 nitrogen and oxygen atoms in total. The van der Waals surface area contributed by atoms with Gasteiger partial charge in [0.2, 0.25) is 0 Å². The highest BCUT2D eigenvalue weighted by Crippen LogP contribution is 2.47. The van der Waals surface area contributed by atoms with Gasteiger partial charge in [-0.1, -0.05) is 362 Å². The van der Waals surface area contributed by atoms with Crippen molar-refractivity contribution >= 4 is 144 Å². The number of hydrogen-bond acceptors (Lipinski definition) is 4. The van der Waals surface area contributed by atoms with Crippen molar-refractivity contribution in [2.75, 3.05) is 13.2 Å². The molecule has 0 N–H and O–H groups in total. The summed E-state index contributed by atoms with van der Waals surface area (Å²) in [5.41, 5.74) is 2.24. The van der Waals surface area contributed by atoms with Crippen molar-refractivity contribution in [3.8, 4) is 0 Å². The first kappa shape index (κ1) is 69.9. The van der Waals surface area contributed by atoms with Gasteiger partial charge in [0.15, 0.2) is 0 Å². The monoisotopic (exact) mass is 1330 g/mol. The molecule has 7 aromatic rings. The Morgan fingerprint density at radius 2 is 0.586 bits per heavy atom. The van der Waals surface area contributed by atoms with Crippen molar-refractivity contribution in [1.82, 2.24) is 0 Å². The van der Waals surface area contributed by atoms with Crippen LogP contribution in [-0.2, 0) is 24.1 Å². The van der Waals surface area contributed by atoms with Gasteiger partial charge >= 0.3 is 0 Å². The molecule has 466 valence electrons. The van der Waals surface area contributed by atoms with Crippen LogP contribution < -0.4 is 62.7 Å². The van der Waals surface area contributed by atoms with E-state index in [1.54, 1.807) is 0 Å². The third-order valence-corrected chi connectivity index (χ3v) is 37.5. The fourth-order valence-corrected chi connectivity index (χ4v) is 26.5. The second-order valence-electron chi connectivity index (χ2n) is 33.2. The number of rotatable bonds is 22. The Hall–Kier alpha value is -3.02. The van der Waals surface area contributed by atoms with Gasteiger partial charge in [0.05, 0.1) is 93.6 Å². The predicted octanol–water partition coefficient (Wildman–Crippen LogP) is 14.0. The maximum absolute atomic E-state index is 8.56. The molecule has 3 atom stereocenters. The molecule has 0 spiro atoms. The van der Waals surface area contributed by atoms with Crippen LogP contribution in [0.15, 0.2) is 164 Å². The van der Waals surface area contributed by atoms with Gasteiger partial charge in [0.25, 0.3) is 0 Å². The van der Waals surface area contributed by atoms with Gasteiger partial charge in [-0.05, 0) is 23.1 Å². The lowest BCUT2D eigenvalue weighted by molar-refractivity contribution is -0.149. The maximum Gasteiger partial charge on any atom is 0.143 e. The van der Waals surface area contributed by atoms with Crippen LogP contribution in [0.4, 0.5) is 0 Å². The Kier molecular flexibility index (Phi) is 21.3. The van der Waals surface area contributed by atoms with Crippen molar-refractivity contribution in [1.29, 1.82) is 0 Å². The fourth-order valence-electron chi connectivity index (χ4n) is 11.4. The van der Waals surface area contributed by atoms with E-state index in [0.717, 1.165) is 16.7 Å². The number of hydrogen-bond donors (Lipinski definition) is 0. The molecule has 0 unspecified atom stereocenters. The van der Waals surface area contributed by atoms with Crippen molar-refractivity contribution in [2.24, 2.45) is 0 Å². The van der Waals surface area contributed by atoms with Crippen LogP contribution in [0.3, 0.4) is 0 Å². The zero-order chi connectivity index (χ0) is 64.1. The van der Waals surface area contributed by atoms with Gasteiger partial charge in [-0.25, -0.2) is 0 Å². The molecule has 14 heteroatoms. The summed E-state index contributed by atoms with van der Waals surface area (Å²) >= 11 is 0. The first-order valence-electron chi connectivity index (χ1n) is 32.1. The molecule has 1 fully saturated rings. The van der Waals surface area contributed by atoms with Crippen LogP contribution in [0.2, 0.25) is 157 Å². The van der Waals surface area contributed by atoms with E-state index in [1.807, 2.05) is 0 Å². The van der Waals surface area contributed by atoms with E-state index < -0.39 is 98.7 Å². The van der Waals surface area contributed by atoms with Crippen molar-refractivity contribution < 1.29 is 18.5 Å². The molecule has 87 heavy (non-hydrogen) atoms. The Morgan fingerprint density at radius 3 is 0.828 bits per heavy atom. The largest absolute Gasteiger partial charge is 0.373 e. The molecule has 1 heterocycles. The molecule has 1 aliphatic rings. The summed E-state index contributed by atoms with van der Waals surface area (Å²) < 4.78 is 32.3. The third-order valence-electron chi connectivity index (χ3n) is 17.5. The Balaban J connectivity index is 1.45. The lowest BCUT2D eigenvalue weighted by atomic mass is 9.80. The average Bonchev–Trinajstić information content (AvgIpc) is 1.93. The highest BCUT2D eigenvalue weighted by molar-refractivity contribution is 7.69. The number of ether oxygens (including phenoxy) is 2. The Morgan fingerprint density at radius 1 is 0.345 bits per heavy atom. The zero-order valence-electron chi connectivity index (χ0n) is 58.0. The molecule has 0 radical (unpaired) electrons. The average molecular weight is 1340 g/mol. The van der Waals surface area contributed by atoms with E-state index in [2.05, 4.69) is 321 Å². The summed E-state index contributed by atoms with van der Waals surface area (Å²) in [4.78, 5) is 0. The standard InChI is InChI=1S/C73H108O4P2Si8/c1-80(2,3)62-42-58(43-63(50-62)81(4,5)6)78(59-44-64(82(7,8)9)51-65(45-59)83(10,11)12)76-70-40-41-74-71(54-75-73(55-34-28-25-29-35-55,56-36-30-26-31-37-56)57-38-32-27-33-39-57)72(70)77-79(60-46-66(84(13,14)15)52-67(47-60)85(16,17)18)61-48-68(86(19,20)21)53-69(49-61)87(22,23)24/h25-39,42-53,70-72H,40-41,54H2,1-24H3/t70-,71-,72+/m1/s1. The molecule has 1 saturated heterocycles. The molecular formula is C73H108O4P2Si8. The van der Waals surface area contributed by atoms with Crippen LogP contribution >= 0.6 is 16.3 Å². The first-order valence-corrected chi connectivity index (χ1v) is 62.7. The smallest absolute Gasteiger partial charge is 0.143 e. The minimum Gasteiger partial charge on any atom is -0.373 e. The number of benzene rings is 7. The lowest BCUT2D eigenvalue weighted by Gasteiger charge is -2.43. The summed E-state index contributed by atoms with van der Waals surface area (Å²) in [5, 5.41) is 17.3. The molecule has 0 aliphatic carbocycles. The quantitative estimate of drug-likeness (QED) is 0.0385. The molecule has 0 bridgehead atoms. The summed E-state index contributed by atoms with van der Waals surface area (Å²) in [7, 11) is -17.5. The minimum atomic E-state index is -1.85. The zero-order valence-corrected chi connectivity index (χ0v) is 67.8. The molecular weight excluding hydrogens is 1230 g/mol. The summed E-state index contributed by atoms with van der Waals surface area (Å²) in [6, 6.07) is 63.6. The molecule has 8 rings (SSSR count). The van der Waals surface area contributed by atoms with Crippen molar-refractivity contribution in [3.05, 3.63) is 180 Å². The second-order valence-corrected chi connectivity index (χ2v) is 77.4. The minimum absolute atomic E-state index is 0.268. The molecule has 1 aliphatic heterocycles. The second kappa shape index (κ2) is 26.5. The summed E-state index contributed by atoms with van der Waals surface area (Å²) in [6.07, 6.45) is -0.656. The van der Waals surface area contributed by atoms with Gasteiger partial charge in [-0.3, -0.25) is 0 Å². The fraction of sp³-hybridized carbons (Fsp3) is 0.425. The molecule has 0 aromatic heterocycles. The molecule has 0 saturated carbocycles. The lowest BCUT2D eigenvalue weighted by Crippen LogP contribution is -2.52. The van der Waals surface area contributed by atoms with Crippen LogP contribution in [0, 0.1) is 0 Å². The van der Waals surface area contributed by atoms with E-state index in [1.165, 1.54) is 62.7 Å². The van der Waals surface area contributed by atoms with Crippen molar-refractivity contribution in [3.63, 3.8) is 0 Å². The topological polar surface area (TPSA) is 36.9 Å². The van der Waals surface area contributed by atoms with E-state index >= 15 is 0 Å². The van der Waals surface area contributed by atoms with E-state index in [9.17, 15) is 0 Å². The summed E-state index contributed by atoms with van der Waals surface area (Å²) in [6.45, 7) is 61.2. The van der Waals surface area contributed by atoms with Gasteiger partial charge < -0.3 is 18.5 Å². The SMILES string of the molecule is C[Si](C)(C)c1cc(P(O[C@@H]2[C@@H](COC(c3ccccc3)(c3ccccc3)c3ccccc3)OCC[C@H]2OP(c2cc([Si](C)(C)C)cc([Si](C)(C)C)c2)c2cc([Si](C)(C)C)cc([Si](C)(C)C)c2)c2cc([Si](C)(C)C)cc([Si](C)(C)C)c2)cc([Si](C)(C)C)c1. The van der Waals surface area contributed by atoms with E-state index in [4.69, 9.17) is 18.5 Å². The Bertz CT molecular complexity index is 3090. The van der Waals surface area contributed by atoms with Gasteiger partial charge in [0, 0.05) is 27.8 Å². The van der Waals surface area contributed by atoms with Gasteiger partial charge in [-0.2, -0.15) is 0 Å². The third kappa shape index (κ3) is 17.0. The highest BCUT2D eigenvalue weighted by atomic mass is 31.1. The van der Waals surface area contributed by atoms with Crippen LogP contribution in [0.25, 0.3) is 0 Å². The highest BCUT2D eigenvalue weighted by Gasteiger charge is 2.46. The van der Waals surface area contributed by atoms with Gasteiger partial charge in [0.1, 0.15) is 17.8 Å². The maximum atomic E-state index is 8.56. The normalized spacial score (nSPS) is 17.1. The van der Waals surface area contributed by atoms with E-state index in [-0.39, 0.29) is 12.7 Å². The Labute approximate surface area is 539 Å². The first-order chi connectivity index (χ1) is 40.1. The molecule has 7 aromatic carbocycles. The van der Waals surface area contributed by atoms with Crippen molar-refractivity contribution in [2.45, 2.75) is 187 Å². The summed E-state index contributed by atoms with van der Waals surface area (Å²) in [5.74, 6) is 0. The van der Waals surface area contributed by atoms with Gasteiger partial charge in [-0.15, -0.1) is 0 Å². The van der Waals surface area contributed by atoms with Crippen LogP contribution in [0.1, 0.15) is 23.1 Å². The predicted molar refractivity (Wildman–Crippen MR) is 411 cm³/mol. The molecule has 0 amide bonds. The van der Waals surface area contributed by atoms with Crippen LogP contribution in [0.5, 0.6) is 0 Å². The van der Waals surface area contributed by atoms with E-state index in [0.29, 0.717) is 13.0 Å². The van der Waals surface area contributed by atoms with Crippen LogP contribution in [-0.4, -0.2) is 96.1 Å².